The van der Waals surface area contributed by atoms with Gasteiger partial charge in [-0.1, -0.05) is 0 Å². The maximum atomic E-state index is 12.8. The number of aryl methyl sites for hydroxylation is 2. The van der Waals surface area contributed by atoms with E-state index in [2.05, 4.69) is 15.2 Å². The largest absolute Gasteiger partial charge is 0.489 e. The number of alkyl halides is 3. The number of carbonyl (C=O) groups excluding carboxylic acids is 1. The lowest BCUT2D eigenvalue weighted by Crippen LogP contribution is -2.52. The summed E-state index contributed by atoms with van der Waals surface area (Å²) < 4.78 is 44.1. The molecular weight excluding hydrogens is 383 g/mol. The molecule has 1 aromatic carbocycles. The van der Waals surface area contributed by atoms with Crippen molar-refractivity contribution in [3.63, 3.8) is 0 Å². The van der Waals surface area contributed by atoms with Gasteiger partial charge in [-0.2, -0.15) is 13.2 Å². The average molecular weight is 407 g/mol. The van der Waals surface area contributed by atoms with Crippen molar-refractivity contribution in [2.24, 2.45) is 5.92 Å². The van der Waals surface area contributed by atoms with Crippen molar-refractivity contribution in [1.82, 2.24) is 15.2 Å². The number of nitrogens with zero attached hydrogens (tertiary/aromatic N) is 2. The Bertz CT molecular complexity index is 870. The van der Waals surface area contributed by atoms with Gasteiger partial charge in [-0.15, -0.1) is 0 Å². The highest BCUT2D eigenvalue weighted by molar-refractivity contribution is 5.79. The van der Waals surface area contributed by atoms with Crippen molar-refractivity contribution in [2.75, 3.05) is 20.1 Å². The predicted octanol–water partition coefficient (Wildman–Crippen LogP) is 3.47. The Morgan fingerprint density at radius 3 is 2.45 bits per heavy atom. The molecule has 0 bridgehead atoms. The molecule has 8 heteroatoms. The number of aromatic nitrogens is 1. The van der Waals surface area contributed by atoms with Crippen LogP contribution < -0.4 is 10.1 Å². The third-order valence-corrected chi connectivity index (χ3v) is 5.15. The first kappa shape index (κ1) is 21.1. The fourth-order valence-electron chi connectivity index (χ4n) is 3.47. The molecule has 0 saturated carbocycles. The third-order valence-electron chi connectivity index (χ3n) is 5.15. The van der Waals surface area contributed by atoms with Crippen molar-refractivity contribution in [1.29, 1.82) is 0 Å². The van der Waals surface area contributed by atoms with Crippen LogP contribution in [0.2, 0.25) is 0 Å². The van der Waals surface area contributed by atoms with E-state index in [9.17, 15) is 18.0 Å². The Morgan fingerprint density at radius 1 is 1.21 bits per heavy atom. The zero-order valence-electron chi connectivity index (χ0n) is 16.6. The third kappa shape index (κ3) is 5.06. The zero-order chi connectivity index (χ0) is 21.2. The number of hydrogen-bond donors (Lipinski definition) is 1. The van der Waals surface area contributed by atoms with Gasteiger partial charge in [-0.3, -0.25) is 14.7 Å². The zero-order valence-corrected chi connectivity index (χ0v) is 16.6. The van der Waals surface area contributed by atoms with Crippen LogP contribution >= 0.6 is 0 Å². The van der Waals surface area contributed by atoms with E-state index in [1.807, 2.05) is 26.0 Å². The van der Waals surface area contributed by atoms with Gasteiger partial charge in [0.1, 0.15) is 12.4 Å². The normalized spacial score (nSPS) is 15.1. The van der Waals surface area contributed by atoms with E-state index >= 15 is 0 Å². The van der Waals surface area contributed by atoms with E-state index < -0.39 is 11.7 Å². The highest BCUT2D eigenvalue weighted by atomic mass is 19.4. The number of pyridine rings is 1. The van der Waals surface area contributed by atoms with E-state index in [4.69, 9.17) is 4.74 Å². The Morgan fingerprint density at radius 2 is 1.86 bits per heavy atom. The number of likely N-dealkylation sites (tertiary alicyclic amines) is 1. The second-order valence-corrected chi connectivity index (χ2v) is 7.41. The lowest BCUT2D eigenvalue weighted by Gasteiger charge is -2.38. The van der Waals surface area contributed by atoms with Crippen molar-refractivity contribution >= 4 is 5.91 Å². The number of rotatable bonds is 6. The topological polar surface area (TPSA) is 54.5 Å². The summed E-state index contributed by atoms with van der Waals surface area (Å²) in [5.41, 5.74) is 2.84. The summed E-state index contributed by atoms with van der Waals surface area (Å²) in [5.74, 6) is 0.722. The monoisotopic (exact) mass is 407 g/mol. The highest BCUT2D eigenvalue weighted by Crippen LogP contribution is 2.30. The summed E-state index contributed by atoms with van der Waals surface area (Å²) in [7, 11) is 1.65. The predicted molar refractivity (Wildman–Crippen MR) is 102 cm³/mol. The number of hydrogen-bond acceptors (Lipinski definition) is 4. The van der Waals surface area contributed by atoms with E-state index in [0.717, 1.165) is 43.0 Å². The molecule has 1 aromatic heterocycles. The van der Waals surface area contributed by atoms with Crippen LogP contribution in [0.4, 0.5) is 13.2 Å². The fourth-order valence-corrected chi connectivity index (χ4v) is 3.47. The van der Waals surface area contributed by atoms with Crippen LogP contribution in [0.1, 0.15) is 27.8 Å². The lowest BCUT2D eigenvalue weighted by atomic mass is 9.95. The van der Waals surface area contributed by atoms with Crippen LogP contribution in [0.25, 0.3) is 0 Å². The van der Waals surface area contributed by atoms with Crippen LogP contribution in [-0.4, -0.2) is 35.9 Å². The summed E-state index contributed by atoms with van der Waals surface area (Å²) in [6.45, 7) is 6.20. The van der Waals surface area contributed by atoms with Gasteiger partial charge in [0.2, 0.25) is 5.91 Å². The Balaban J connectivity index is 1.62. The number of ether oxygens (including phenoxy) is 1. The second kappa shape index (κ2) is 8.41. The Kier molecular flexibility index (Phi) is 6.12. The second-order valence-electron chi connectivity index (χ2n) is 7.41. The molecule has 0 unspecified atom stereocenters. The summed E-state index contributed by atoms with van der Waals surface area (Å²) in [4.78, 5) is 17.5. The molecule has 1 aliphatic rings. The standard InChI is InChI=1S/C21H24F3N3O2/c1-13-4-18(29-12-15-6-17(8-26-7-15)21(22,23)24)5-14(2)19(13)11-27-9-16(10-27)20(28)25-3/h4-8,16H,9-12H2,1-3H3,(H,25,28). The molecule has 2 aromatic rings. The molecule has 1 fully saturated rings. The first-order valence-electron chi connectivity index (χ1n) is 9.35. The molecule has 3 rings (SSSR count). The minimum absolute atomic E-state index is 0.00901. The van der Waals surface area contributed by atoms with Gasteiger partial charge >= 0.3 is 6.18 Å². The van der Waals surface area contributed by atoms with E-state index in [1.165, 1.54) is 11.8 Å². The maximum Gasteiger partial charge on any atom is 0.417 e. The molecule has 0 atom stereocenters. The van der Waals surface area contributed by atoms with Gasteiger partial charge < -0.3 is 10.1 Å². The molecule has 29 heavy (non-hydrogen) atoms. The number of nitrogens with one attached hydrogen (secondary N) is 1. The summed E-state index contributed by atoms with van der Waals surface area (Å²) in [6, 6.07) is 4.83. The molecule has 1 aliphatic heterocycles. The van der Waals surface area contributed by atoms with Crippen molar-refractivity contribution in [3.05, 3.63) is 58.4 Å². The van der Waals surface area contributed by atoms with Gasteiger partial charge in [0.15, 0.2) is 0 Å². The van der Waals surface area contributed by atoms with Gasteiger partial charge in [-0.05, 0) is 48.7 Å². The molecule has 5 nitrogen and oxygen atoms in total. The van der Waals surface area contributed by atoms with E-state index in [0.29, 0.717) is 11.3 Å². The van der Waals surface area contributed by atoms with Crippen LogP contribution in [0.5, 0.6) is 5.75 Å². The summed E-state index contributed by atoms with van der Waals surface area (Å²) in [6.07, 6.45) is -2.25. The number of halogens is 3. The summed E-state index contributed by atoms with van der Waals surface area (Å²) >= 11 is 0. The molecule has 156 valence electrons. The van der Waals surface area contributed by atoms with Crippen molar-refractivity contribution in [2.45, 2.75) is 33.2 Å². The first-order valence-corrected chi connectivity index (χ1v) is 9.35. The molecule has 0 spiro atoms. The highest BCUT2D eigenvalue weighted by Gasteiger charge is 2.32. The fraction of sp³-hybridized carbons (Fsp3) is 0.429. The van der Waals surface area contributed by atoms with Crippen molar-refractivity contribution < 1.29 is 22.7 Å². The molecule has 1 saturated heterocycles. The maximum absolute atomic E-state index is 12.8. The molecule has 0 radical (unpaired) electrons. The van der Waals surface area contributed by atoms with Gasteiger partial charge in [0.05, 0.1) is 11.5 Å². The van der Waals surface area contributed by atoms with Crippen LogP contribution in [-0.2, 0) is 24.1 Å². The molecule has 1 amide bonds. The number of amides is 1. The molecule has 0 aliphatic carbocycles. The Labute approximate surface area is 167 Å². The number of carbonyl (C=O) groups is 1. The van der Waals surface area contributed by atoms with Crippen LogP contribution in [0, 0.1) is 19.8 Å². The van der Waals surface area contributed by atoms with Crippen LogP contribution in [0.15, 0.2) is 30.6 Å². The number of benzene rings is 1. The van der Waals surface area contributed by atoms with E-state index in [-0.39, 0.29) is 18.4 Å². The molecule has 1 N–H and O–H groups in total. The van der Waals surface area contributed by atoms with Gasteiger partial charge in [0.25, 0.3) is 0 Å². The first-order chi connectivity index (χ1) is 13.7. The minimum atomic E-state index is -4.43. The van der Waals surface area contributed by atoms with Gasteiger partial charge in [-0.25, -0.2) is 0 Å². The lowest BCUT2D eigenvalue weighted by molar-refractivity contribution is -0.138. The van der Waals surface area contributed by atoms with Gasteiger partial charge in [0, 0.05) is 44.6 Å². The Hall–Kier alpha value is -2.61. The summed E-state index contributed by atoms with van der Waals surface area (Å²) in [5, 5.41) is 2.67. The smallest absolute Gasteiger partial charge is 0.417 e. The van der Waals surface area contributed by atoms with Crippen LogP contribution in [0.3, 0.4) is 0 Å². The van der Waals surface area contributed by atoms with E-state index in [1.54, 1.807) is 7.05 Å². The average Bonchev–Trinajstić information content (AvgIpc) is 2.63. The molecule has 2 heterocycles. The SMILES string of the molecule is CNC(=O)C1CN(Cc2c(C)cc(OCc3cncc(C(F)(F)F)c3)cc2C)C1. The van der Waals surface area contributed by atoms with Crippen molar-refractivity contribution in [3.8, 4) is 5.75 Å². The quantitative estimate of drug-likeness (QED) is 0.797. The minimum Gasteiger partial charge on any atom is -0.489 e. The molecular formula is C21H24F3N3O2.